The molecule has 0 spiro atoms. The predicted molar refractivity (Wildman–Crippen MR) is 77.2 cm³/mol. The summed E-state index contributed by atoms with van der Waals surface area (Å²) in [5, 5.41) is 26.4. The van der Waals surface area contributed by atoms with Gasteiger partial charge in [0.15, 0.2) is 0 Å². The summed E-state index contributed by atoms with van der Waals surface area (Å²) in [6, 6.07) is 0. The zero-order chi connectivity index (χ0) is 16.8. The van der Waals surface area contributed by atoms with Crippen LogP contribution in [0.25, 0.3) is 0 Å². The lowest BCUT2D eigenvalue weighted by molar-refractivity contribution is -0.910. The normalized spacial score (nSPS) is 11.9. The Morgan fingerprint density at radius 1 is 0.905 bits per heavy atom. The topological polar surface area (TPSA) is 127 Å². The number of hydrogen-bond donors (Lipinski definition) is 3. The summed E-state index contributed by atoms with van der Waals surface area (Å²) in [6.07, 6.45) is 3.65. The first-order valence-electron chi connectivity index (χ1n) is 6.92. The third-order valence-electron chi connectivity index (χ3n) is 3.06. The van der Waals surface area contributed by atoms with Crippen molar-refractivity contribution in [2.45, 2.75) is 25.7 Å². The average Bonchev–Trinajstić information content (AvgIpc) is 2.39. The highest BCUT2D eigenvalue weighted by molar-refractivity contribution is 7.80. The Labute approximate surface area is 127 Å². The Morgan fingerprint density at radius 2 is 1.29 bits per heavy atom. The van der Waals surface area contributed by atoms with Crippen LogP contribution in [0.15, 0.2) is 0 Å². The van der Waals surface area contributed by atoms with Gasteiger partial charge >= 0.3 is 0 Å². The molecular formula is C12H29NO7S. The number of nitrogens with zero attached hydrogens (tertiary/aromatic N) is 1. The minimum absolute atomic E-state index is 0.203. The van der Waals surface area contributed by atoms with Gasteiger partial charge in [0.1, 0.15) is 6.54 Å². The highest BCUT2D eigenvalue weighted by Gasteiger charge is 2.19. The first kappa shape index (κ1) is 23.0. The Hall–Kier alpha value is -0.290. The van der Waals surface area contributed by atoms with E-state index in [4.69, 9.17) is 15.3 Å². The Morgan fingerprint density at radius 3 is 1.52 bits per heavy atom. The Kier molecular flexibility index (Phi) is 14.6. The van der Waals surface area contributed by atoms with E-state index >= 15 is 0 Å². The molecular weight excluding hydrogens is 302 g/mol. The van der Waals surface area contributed by atoms with Gasteiger partial charge in [-0.2, -0.15) is 0 Å². The minimum atomic E-state index is -4.41. The zero-order valence-electron chi connectivity index (χ0n) is 12.9. The van der Waals surface area contributed by atoms with E-state index in [1.54, 1.807) is 0 Å². The lowest BCUT2D eigenvalue weighted by atomic mass is 10.2. The molecule has 0 fully saturated rings. The molecule has 8 nitrogen and oxygen atoms in total. The van der Waals surface area contributed by atoms with Gasteiger partial charge in [0.05, 0.1) is 33.9 Å². The van der Waals surface area contributed by atoms with Crippen LogP contribution >= 0.6 is 0 Å². The third-order valence-corrected chi connectivity index (χ3v) is 3.46. The number of aliphatic hydroxyl groups excluding tert-OH is 3. The molecule has 0 atom stereocenters. The van der Waals surface area contributed by atoms with Crippen molar-refractivity contribution >= 4 is 10.4 Å². The molecule has 3 N–H and O–H groups in total. The van der Waals surface area contributed by atoms with E-state index in [0.29, 0.717) is 0 Å². The fraction of sp³-hybridized carbons (Fsp3) is 1.00. The van der Waals surface area contributed by atoms with E-state index in [2.05, 4.69) is 11.2 Å². The van der Waals surface area contributed by atoms with Gasteiger partial charge in [-0.15, -0.1) is 0 Å². The average molecular weight is 331 g/mol. The van der Waals surface area contributed by atoms with Crippen LogP contribution in [-0.2, 0) is 14.6 Å². The smallest absolute Gasteiger partial charge is 0.217 e. The summed E-state index contributed by atoms with van der Waals surface area (Å²) in [7, 11) is -1.47. The van der Waals surface area contributed by atoms with E-state index in [1.165, 1.54) is 0 Å². The van der Waals surface area contributed by atoms with Crippen LogP contribution in [-0.4, -0.2) is 86.4 Å². The van der Waals surface area contributed by atoms with E-state index in [9.17, 15) is 13.0 Å². The second-order valence-corrected chi connectivity index (χ2v) is 6.10. The second kappa shape index (κ2) is 13.4. The van der Waals surface area contributed by atoms with Crippen LogP contribution in [0, 0.1) is 0 Å². The quantitative estimate of drug-likeness (QED) is 0.193. The van der Waals surface area contributed by atoms with Crippen molar-refractivity contribution < 1.29 is 37.0 Å². The lowest BCUT2D eigenvalue weighted by Gasteiger charge is -2.34. The van der Waals surface area contributed by atoms with E-state index < -0.39 is 10.4 Å². The highest BCUT2D eigenvalue weighted by Crippen LogP contribution is 2.08. The van der Waals surface area contributed by atoms with Crippen LogP contribution in [0.3, 0.4) is 0 Å². The first-order valence-corrected chi connectivity index (χ1v) is 8.25. The standard InChI is InChI=1S/C11H26NO3.CH4O4S/c1-12(8-11-15,6-2-4-9-13)7-3-5-10-14;1-5-6(2,3)4/h13-15H,2-11H2,1H3;1H3,(H,2,3,4)/q+1;/p-1. The second-order valence-electron chi connectivity index (χ2n) is 4.95. The van der Waals surface area contributed by atoms with Gasteiger partial charge in [-0.1, -0.05) is 0 Å². The van der Waals surface area contributed by atoms with Gasteiger partial charge in [-0.05, 0) is 25.7 Å². The molecule has 0 aliphatic heterocycles. The van der Waals surface area contributed by atoms with Crippen molar-refractivity contribution in [1.29, 1.82) is 0 Å². The van der Waals surface area contributed by atoms with Gasteiger partial charge in [-0.25, -0.2) is 8.42 Å². The zero-order valence-corrected chi connectivity index (χ0v) is 13.7. The summed E-state index contributed by atoms with van der Waals surface area (Å²) in [4.78, 5) is 0. The first-order chi connectivity index (χ1) is 9.74. The molecule has 0 bridgehead atoms. The maximum atomic E-state index is 9.22. The summed E-state index contributed by atoms with van der Waals surface area (Å²) in [6.45, 7) is 3.44. The monoisotopic (exact) mass is 331 g/mol. The fourth-order valence-corrected chi connectivity index (χ4v) is 1.79. The molecule has 21 heavy (non-hydrogen) atoms. The molecule has 0 rings (SSSR count). The molecule has 0 aromatic rings. The third kappa shape index (κ3) is 17.7. The molecule has 130 valence electrons. The SMILES string of the molecule is COS(=O)(=O)[O-].C[N+](CCO)(CCCCO)CCCCO. The summed E-state index contributed by atoms with van der Waals surface area (Å²) in [5.41, 5.74) is 0. The molecule has 0 unspecified atom stereocenters. The van der Waals surface area contributed by atoms with Crippen LogP contribution < -0.4 is 0 Å². The summed E-state index contributed by atoms with van der Waals surface area (Å²) in [5.74, 6) is 0. The number of unbranched alkanes of at least 4 members (excludes halogenated alkanes) is 2. The van der Waals surface area contributed by atoms with Crippen molar-refractivity contribution in [2.75, 3.05) is 53.6 Å². The number of rotatable bonds is 11. The molecule has 0 heterocycles. The van der Waals surface area contributed by atoms with Crippen LogP contribution in [0.1, 0.15) is 25.7 Å². The van der Waals surface area contributed by atoms with E-state index in [-0.39, 0.29) is 19.8 Å². The van der Waals surface area contributed by atoms with Gasteiger partial charge in [0.25, 0.3) is 0 Å². The lowest BCUT2D eigenvalue weighted by Crippen LogP contribution is -2.47. The Bertz CT molecular complexity index is 312. The van der Waals surface area contributed by atoms with Gasteiger partial charge in [0, 0.05) is 13.2 Å². The van der Waals surface area contributed by atoms with Gasteiger partial charge in [0.2, 0.25) is 10.4 Å². The van der Waals surface area contributed by atoms with Crippen LogP contribution in [0.5, 0.6) is 0 Å². The predicted octanol–water partition coefficient (Wildman–Crippen LogP) is -0.937. The molecule has 0 amide bonds. The van der Waals surface area contributed by atoms with E-state index in [1.807, 2.05) is 0 Å². The molecule has 0 aromatic carbocycles. The molecule has 0 saturated heterocycles. The molecule has 9 heteroatoms. The van der Waals surface area contributed by atoms with Crippen molar-refractivity contribution in [3.63, 3.8) is 0 Å². The van der Waals surface area contributed by atoms with Gasteiger partial charge in [-0.3, -0.25) is 4.18 Å². The number of aliphatic hydroxyl groups is 3. The number of likely N-dealkylation sites (N-methyl/N-ethyl adjacent to an activating group) is 1. The molecule has 0 aliphatic rings. The van der Waals surface area contributed by atoms with Crippen molar-refractivity contribution in [3.05, 3.63) is 0 Å². The van der Waals surface area contributed by atoms with Crippen LogP contribution in [0.2, 0.25) is 0 Å². The molecule has 0 saturated carbocycles. The van der Waals surface area contributed by atoms with Crippen molar-refractivity contribution in [3.8, 4) is 0 Å². The molecule has 0 aliphatic carbocycles. The fourth-order valence-electron chi connectivity index (χ4n) is 1.79. The number of quaternary nitrogens is 1. The summed E-state index contributed by atoms with van der Waals surface area (Å²) < 4.78 is 31.9. The minimum Gasteiger partial charge on any atom is -0.726 e. The maximum Gasteiger partial charge on any atom is 0.217 e. The largest absolute Gasteiger partial charge is 0.726 e. The summed E-state index contributed by atoms with van der Waals surface area (Å²) >= 11 is 0. The van der Waals surface area contributed by atoms with Crippen molar-refractivity contribution in [2.24, 2.45) is 0 Å². The van der Waals surface area contributed by atoms with E-state index in [0.717, 1.165) is 56.9 Å². The molecule has 0 radical (unpaired) electrons. The highest BCUT2D eigenvalue weighted by atomic mass is 32.3. The van der Waals surface area contributed by atoms with Gasteiger partial charge < -0.3 is 24.4 Å². The van der Waals surface area contributed by atoms with Crippen molar-refractivity contribution in [1.82, 2.24) is 0 Å². The number of hydrogen-bond acceptors (Lipinski definition) is 7. The van der Waals surface area contributed by atoms with Crippen LogP contribution in [0.4, 0.5) is 0 Å². The Balaban J connectivity index is 0. The maximum absolute atomic E-state index is 9.22. The molecule has 0 aromatic heterocycles.